The van der Waals surface area contributed by atoms with Gasteiger partial charge in [-0.25, -0.2) is 0 Å². The number of hydrogen-bond acceptors (Lipinski definition) is 6. The average Bonchev–Trinajstić information content (AvgIpc) is 3.21. The fourth-order valence-corrected chi connectivity index (χ4v) is 3.70. The van der Waals surface area contributed by atoms with Crippen LogP contribution in [0.15, 0.2) is 18.2 Å². The van der Waals surface area contributed by atoms with Crippen molar-refractivity contribution >= 4 is 5.91 Å². The van der Waals surface area contributed by atoms with Gasteiger partial charge in [-0.05, 0) is 49.4 Å². The minimum atomic E-state index is -0.276. The third-order valence-corrected chi connectivity index (χ3v) is 5.20. The van der Waals surface area contributed by atoms with E-state index in [1.165, 1.54) is 0 Å². The Balaban J connectivity index is 1.47. The predicted molar refractivity (Wildman–Crippen MR) is 104 cm³/mol. The third-order valence-electron chi connectivity index (χ3n) is 5.20. The summed E-state index contributed by atoms with van der Waals surface area (Å²) in [5.74, 6) is 0.849. The molecule has 1 aromatic carbocycles. The SMILES string of the molecule is CCOCCOCCOc1ccc2c(c1)CN[C@H](C(=O)N1CCC[C@H]1C#N)C2. The summed E-state index contributed by atoms with van der Waals surface area (Å²) in [6.45, 7) is 6.16. The Bertz CT molecular complexity index is 703. The van der Waals surface area contributed by atoms with E-state index in [4.69, 9.17) is 14.2 Å². The average molecular weight is 387 g/mol. The molecule has 2 aliphatic heterocycles. The molecule has 0 saturated carbocycles. The van der Waals surface area contributed by atoms with E-state index in [9.17, 15) is 10.1 Å². The minimum Gasteiger partial charge on any atom is -0.491 e. The molecule has 2 atom stereocenters. The van der Waals surface area contributed by atoms with Crippen LogP contribution in [0.25, 0.3) is 0 Å². The third kappa shape index (κ3) is 5.22. The maximum absolute atomic E-state index is 12.8. The van der Waals surface area contributed by atoms with E-state index < -0.39 is 0 Å². The number of benzene rings is 1. The van der Waals surface area contributed by atoms with Gasteiger partial charge in [0.15, 0.2) is 0 Å². The van der Waals surface area contributed by atoms with Gasteiger partial charge in [-0.1, -0.05) is 6.07 Å². The van der Waals surface area contributed by atoms with Crippen molar-refractivity contribution < 1.29 is 19.0 Å². The highest BCUT2D eigenvalue weighted by Crippen LogP contribution is 2.25. The van der Waals surface area contributed by atoms with Gasteiger partial charge in [-0.2, -0.15) is 5.26 Å². The molecule has 3 rings (SSSR count). The Labute approximate surface area is 166 Å². The highest BCUT2D eigenvalue weighted by Gasteiger charge is 2.34. The maximum Gasteiger partial charge on any atom is 0.241 e. The number of rotatable bonds is 9. The Morgan fingerprint density at radius 3 is 2.89 bits per heavy atom. The number of amides is 1. The van der Waals surface area contributed by atoms with Gasteiger partial charge >= 0.3 is 0 Å². The minimum absolute atomic E-state index is 0.0410. The van der Waals surface area contributed by atoms with Crippen molar-refractivity contribution in [3.63, 3.8) is 0 Å². The number of ether oxygens (including phenoxy) is 3. The zero-order chi connectivity index (χ0) is 19.8. The number of fused-ring (bicyclic) bond motifs is 1. The predicted octanol–water partition coefficient (Wildman–Crippen LogP) is 1.65. The molecule has 0 radical (unpaired) electrons. The van der Waals surface area contributed by atoms with Crippen molar-refractivity contribution in [2.24, 2.45) is 0 Å². The molecule has 1 amide bonds. The summed E-state index contributed by atoms with van der Waals surface area (Å²) in [5, 5.41) is 12.5. The fourth-order valence-electron chi connectivity index (χ4n) is 3.70. The Morgan fingerprint density at radius 2 is 2.07 bits per heavy atom. The second-order valence-electron chi connectivity index (χ2n) is 7.04. The van der Waals surface area contributed by atoms with E-state index in [0.29, 0.717) is 52.5 Å². The van der Waals surface area contributed by atoms with E-state index in [2.05, 4.69) is 11.4 Å². The monoisotopic (exact) mass is 387 g/mol. The normalized spacial score (nSPS) is 21.2. The second kappa shape index (κ2) is 10.4. The van der Waals surface area contributed by atoms with Crippen molar-refractivity contribution in [2.75, 3.05) is 39.6 Å². The summed E-state index contributed by atoms with van der Waals surface area (Å²) in [5.41, 5.74) is 2.31. The highest BCUT2D eigenvalue weighted by molar-refractivity contribution is 5.83. The first-order valence-corrected chi connectivity index (χ1v) is 10.1. The van der Waals surface area contributed by atoms with Crippen LogP contribution in [0, 0.1) is 11.3 Å². The lowest BCUT2D eigenvalue weighted by atomic mass is 9.94. The van der Waals surface area contributed by atoms with E-state index in [1.54, 1.807) is 4.90 Å². The van der Waals surface area contributed by atoms with Gasteiger partial charge in [-0.15, -0.1) is 0 Å². The molecule has 152 valence electrons. The first kappa shape index (κ1) is 20.6. The largest absolute Gasteiger partial charge is 0.491 e. The smallest absolute Gasteiger partial charge is 0.241 e. The molecule has 28 heavy (non-hydrogen) atoms. The van der Waals surface area contributed by atoms with Crippen molar-refractivity contribution in [1.29, 1.82) is 5.26 Å². The molecule has 0 aromatic heterocycles. The summed E-state index contributed by atoms with van der Waals surface area (Å²) in [7, 11) is 0. The van der Waals surface area contributed by atoms with E-state index in [-0.39, 0.29) is 18.0 Å². The van der Waals surface area contributed by atoms with Gasteiger partial charge in [-0.3, -0.25) is 4.79 Å². The van der Waals surface area contributed by atoms with Crippen LogP contribution in [0.5, 0.6) is 5.75 Å². The lowest BCUT2D eigenvalue weighted by Crippen LogP contribution is -2.50. The molecule has 7 heteroatoms. The summed E-state index contributed by atoms with van der Waals surface area (Å²) < 4.78 is 16.4. The van der Waals surface area contributed by atoms with Crippen LogP contribution >= 0.6 is 0 Å². The van der Waals surface area contributed by atoms with Crippen molar-refractivity contribution in [1.82, 2.24) is 10.2 Å². The number of carbonyl (C=O) groups excluding carboxylic acids is 1. The molecule has 7 nitrogen and oxygen atoms in total. The molecular formula is C21H29N3O4. The van der Waals surface area contributed by atoms with E-state index in [0.717, 1.165) is 29.7 Å². The van der Waals surface area contributed by atoms with Crippen LogP contribution in [-0.4, -0.2) is 62.5 Å². The van der Waals surface area contributed by atoms with Crippen molar-refractivity contribution in [3.05, 3.63) is 29.3 Å². The summed E-state index contributed by atoms with van der Waals surface area (Å²) in [6.07, 6.45) is 2.33. The fraction of sp³-hybridized carbons (Fsp3) is 0.619. The van der Waals surface area contributed by atoms with Crippen LogP contribution in [0.3, 0.4) is 0 Å². The van der Waals surface area contributed by atoms with Crippen LogP contribution in [0.2, 0.25) is 0 Å². The van der Waals surface area contributed by atoms with E-state index in [1.807, 2.05) is 25.1 Å². The topological polar surface area (TPSA) is 83.8 Å². The summed E-state index contributed by atoms with van der Waals surface area (Å²) in [6, 6.07) is 7.71. The van der Waals surface area contributed by atoms with Crippen LogP contribution < -0.4 is 10.1 Å². The van der Waals surface area contributed by atoms with Gasteiger partial charge in [0.05, 0.1) is 31.9 Å². The highest BCUT2D eigenvalue weighted by atomic mass is 16.5. The zero-order valence-electron chi connectivity index (χ0n) is 16.5. The number of hydrogen-bond donors (Lipinski definition) is 1. The molecule has 1 fully saturated rings. The number of carbonyl (C=O) groups is 1. The van der Waals surface area contributed by atoms with E-state index >= 15 is 0 Å². The first-order valence-electron chi connectivity index (χ1n) is 10.1. The standard InChI is InChI=1S/C21H29N3O4/c1-2-26-8-9-27-10-11-28-19-6-5-16-13-20(23-15-17(16)12-19)21(25)24-7-3-4-18(24)14-22/h5-6,12,18,20,23H,2-4,7-11,13,15H2,1H3/t18-,20-/m0/s1. The summed E-state index contributed by atoms with van der Waals surface area (Å²) >= 11 is 0. The van der Waals surface area contributed by atoms with Crippen molar-refractivity contribution in [2.45, 2.75) is 44.8 Å². The second-order valence-corrected chi connectivity index (χ2v) is 7.04. The molecular weight excluding hydrogens is 358 g/mol. The van der Waals surface area contributed by atoms with Gasteiger partial charge in [0.2, 0.25) is 5.91 Å². The molecule has 2 aliphatic rings. The molecule has 1 N–H and O–H groups in total. The van der Waals surface area contributed by atoms with Gasteiger partial charge in [0.25, 0.3) is 0 Å². The lowest BCUT2D eigenvalue weighted by Gasteiger charge is -2.30. The molecule has 2 heterocycles. The lowest BCUT2D eigenvalue weighted by molar-refractivity contribution is -0.133. The Morgan fingerprint density at radius 1 is 1.25 bits per heavy atom. The molecule has 0 spiro atoms. The zero-order valence-corrected chi connectivity index (χ0v) is 16.5. The molecule has 1 saturated heterocycles. The Kier molecular flexibility index (Phi) is 7.66. The number of likely N-dealkylation sites (tertiary alicyclic amines) is 1. The molecule has 0 aliphatic carbocycles. The first-order chi connectivity index (χ1) is 13.7. The van der Waals surface area contributed by atoms with Crippen molar-refractivity contribution in [3.8, 4) is 11.8 Å². The van der Waals surface area contributed by atoms with Gasteiger partial charge in [0.1, 0.15) is 18.4 Å². The van der Waals surface area contributed by atoms with Crippen LogP contribution in [0.1, 0.15) is 30.9 Å². The Hall–Kier alpha value is -2.14. The van der Waals surface area contributed by atoms with Gasteiger partial charge in [0, 0.05) is 19.7 Å². The quantitative estimate of drug-likeness (QED) is 0.649. The molecule has 0 bridgehead atoms. The molecule has 1 aromatic rings. The number of nitriles is 1. The number of nitrogens with zero attached hydrogens (tertiary/aromatic N) is 2. The van der Waals surface area contributed by atoms with Crippen LogP contribution in [-0.2, 0) is 27.2 Å². The summed E-state index contributed by atoms with van der Waals surface area (Å²) in [4.78, 5) is 14.5. The maximum atomic E-state index is 12.8. The molecule has 0 unspecified atom stereocenters. The van der Waals surface area contributed by atoms with Gasteiger partial charge < -0.3 is 24.4 Å². The number of nitrogens with one attached hydrogen (secondary N) is 1. The van der Waals surface area contributed by atoms with Crippen LogP contribution in [0.4, 0.5) is 0 Å².